The average molecular weight is 378 g/mol. The molecule has 3 heterocycles. The molecule has 2 aromatic heterocycles. The van der Waals surface area contributed by atoms with Crippen molar-refractivity contribution in [2.24, 2.45) is 0 Å². The van der Waals surface area contributed by atoms with Gasteiger partial charge in [0, 0.05) is 24.5 Å². The average Bonchev–Trinajstić information content (AvgIpc) is 3.16. The number of anilines is 3. The number of hydrogen-bond donors (Lipinski definition) is 3. The number of aryl methyl sites for hydroxylation is 1. The lowest BCUT2D eigenvalue weighted by Crippen LogP contribution is -2.31. The van der Waals surface area contributed by atoms with Crippen LogP contribution in [0.1, 0.15) is 38.8 Å². The summed E-state index contributed by atoms with van der Waals surface area (Å²) >= 11 is 0. The Hall–Kier alpha value is -3.16. The number of pyridine rings is 1. The van der Waals surface area contributed by atoms with Gasteiger partial charge in [-0.1, -0.05) is 6.92 Å². The van der Waals surface area contributed by atoms with Crippen molar-refractivity contribution in [3.8, 4) is 0 Å². The molecule has 0 aromatic carbocycles. The Morgan fingerprint density at radius 2 is 1.96 bits per heavy atom. The van der Waals surface area contributed by atoms with Gasteiger partial charge in [-0.2, -0.15) is 5.10 Å². The number of hydrogen-bond acceptors (Lipinski definition) is 8. The van der Waals surface area contributed by atoms with Crippen molar-refractivity contribution in [2.45, 2.75) is 51.6 Å². The van der Waals surface area contributed by atoms with Crippen LogP contribution in [0.15, 0.2) is 48.6 Å². The van der Waals surface area contributed by atoms with E-state index in [4.69, 9.17) is 0 Å². The smallest absolute Gasteiger partial charge is 0.242 e. The van der Waals surface area contributed by atoms with Crippen molar-refractivity contribution in [1.29, 1.82) is 0 Å². The highest BCUT2D eigenvalue weighted by molar-refractivity contribution is 5.52. The Kier molecular flexibility index (Phi) is 5.36. The number of aromatic nitrogens is 4. The lowest BCUT2D eigenvalue weighted by Gasteiger charge is -2.23. The third-order valence-electron chi connectivity index (χ3n) is 5.01. The molecule has 8 heteroatoms. The number of rotatable bonds is 6. The second-order valence-corrected chi connectivity index (χ2v) is 7.23. The summed E-state index contributed by atoms with van der Waals surface area (Å²) in [5.41, 5.74) is 6.28. The molecular formula is C20H26N8. The molecule has 1 aliphatic carbocycles. The zero-order valence-corrected chi connectivity index (χ0v) is 16.3. The zero-order chi connectivity index (χ0) is 19.3. The highest BCUT2D eigenvalue weighted by Crippen LogP contribution is 2.25. The lowest BCUT2D eigenvalue weighted by molar-refractivity contribution is 0.711. The molecule has 1 aliphatic heterocycles. The lowest BCUT2D eigenvalue weighted by atomic mass is 10.2. The summed E-state index contributed by atoms with van der Waals surface area (Å²) in [6.07, 6.45) is 13.7. The van der Waals surface area contributed by atoms with E-state index in [1.807, 2.05) is 42.7 Å². The van der Waals surface area contributed by atoms with Gasteiger partial charge in [0.25, 0.3) is 0 Å². The van der Waals surface area contributed by atoms with Crippen molar-refractivity contribution >= 4 is 17.5 Å². The van der Waals surface area contributed by atoms with Gasteiger partial charge in [-0.3, -0.25) is 5.01 Å². The van der Waals surface area contributed by atoms with Crippen LogP contribution in [0.3, 0.4) is 0 Å². The van der Waals surface area contributed by atoms with Crippen LogP contribution in [-0.4, -0.2) is 32.2 Å². The first-order valence-corrected chi connectivity index (χ1v) is 9.77. The minimum Gasteiger partial charge on any atom is -0.367 e. The Bertz CT molecular complexity index is 844. The van der Waals surface area contributed by atoms with Crippen molar-refractivity contribution in [2.75, 3.05) is 15.6 Å². The molecule has 1 fully saturated rings. The second kappa shape index (κ2) is 8.24. The molecular weight excluding hydrogens is 352 g/mol. The van der Waals surface area contributed by atoms with E-state index in [9.17, 15) is 0 Å². The van der Waals surface area contributed by atoms with Gasteiger partial charge in [-0.05, 0) is 56.4 Å². The molecule has 2 aliphatic rings. The van der Waals surface area contributed by atoms with Crippen molar-refractivity contribution < 1.29 is 0 Å². The molecule has 0 amide bonds. The molecule has 3 N–H and O–H groups in total. The first kappa shape index (κ1) is 18.2. The fourth-order valence-corrected chi connectivity index (χ4v) is 3.46. The number of hydrazine groups is 1. The van der Waals surface area contributed by atoms with Crippen LogP contribution in [0.25, 0.3) is 0 Å². The minimum atomic E-state index is 0.350. The molecule has 1 saturated carbocycles. The topological polar surface area (TPSA) is 90.9 Å². The quantitative estimate of drug-likeness (QED) is 0.707. The fraction of sp³-hybridized carbons (Fsp3) is 0.400. The summed E-state index contributed by atoms with van der Waals surface area (Å²) in [6.45, 7) is 4.11. The van der Waals surface area contributed by atoms with E-state index in [-0.39, 0.29) is 0 Å². The molecule has 0 spiro atoms. The van der Waals surface area contributed by atoms with Crippen LogP contribution in [0.4, 0.5) is 17.5 Å². The highest BCUT2D eigenvalue weighted by Gasteiger charge is 2.25. The van der Waals surface area contributed by atoms with Crippen molar-refractivity contribution in [3.63, 3.8) is 0 Å². The van der Waals surface area contributed by atoms with Gasteiger partial charge in [0.2, 0.25) is 5.95 Å². The standard InChI is InChI=1S/C20H26N8/c1-3-15-11-22-20(27-26-15)25-17-5-4-16(10-17)24-19-7-6-18(12-21-19)28-13-14(2)8-9-23-28/h6-9,11-13,16-17,23H,3-5,10H2,1-2H3,(H,21,24)(H,22,25,27)/t16-,17-/m0/s1. The van der Waals surface area contributed by atoms with Gasteiger partial charge in [-0.25, -0.2) is 9.97 Å². The van der Waals surface area contributed by atoms with Gasteiger partial charge < -0.3 is 16.1 Å². The third kappa shape index (κ3) is 4.39. The predicted molar refractivity (Wildman–Crippen MR) is 111 cm³/mol. The van der Waals surface area contributed by atoms with E-state index in [0.717, 1.165) is 42.9 Å². The maximum Gasteiger partial charge on any atom is 0.242 e. The molecule has 4 rings (SSSR count). The zero-order valence-electron chi connectivity index (χ0n) is 16.3. The van der Waals surface area contributed by atoms with E-state index < -0.39 is 0 Å². The van der Waals surface area contributed by atoms with E-state index in [1.165, 1.54) is 5.57 Å². The number of nitrogens with zero attached hydrogens (tertiary/aromatic N) is 5. The highest BCUT2D eigenvalue weighted by atomic mass is 15.5. The third-order valence-corrected chi connectivity index (χ3v) is 5.01. The first-order valence-electron chi connectivity index (χ1n) is 9.77. The Morgan fingerprint density at radius 3 is 2.64 bits per heavy atom. The molecule has 0 radical (unpaired) electrons. The van der Waals surface area contributed by atoms with Crippen LogP contribution in [0, 0.1) is 0 Å². The molecule has 0 saturated heterocycles. The van der Waals surface area contributed by atoms with Gasteiger partial charge >= 0.3 is 0 Å². The summed E-state index contributed by atoms with van der Waals surface area (Å²) in [5.74, 6) is 1.50. The largest absolute Gasteiger partial charge is 0.367 e. The second-order valence-electron chi connectivity index (χ2n) is 7.23. The van der Waals surface area contributed by atoms with Crippen molar-refractivity contribution in [3.05, 3.63) is 54.3 Å². The normalized spacial score (nSPS) is 21.2. The first-order chi connectivity index (χ1) is 13.7. The fourth-order valence-electron chi connectivity index (χ4n) is 3.46. The van der Waals surface area contributed by atoms with Gasteiger partial charge in [0.05, 0.1) is 23.8 Å². The molecule has 28 heavy (non-hydrogen) atoms. The molecule has 0 unspecified atom stereocenters. The maximum absolute atomic E-state index is 4.57. The number of allylic oxidation sites excluding steroid dienone is 2. The monoisotopic (exact) mass is 378 g/mol. The Labute approximate surface area is 165 Å². The molecule has 2 aromatic rings. The maximum atomic E-state index is 4.57. The Morgan fingerprint density at radius 1 is 1.11 bits per heavy atom. The van der Waals surface area contributed by atoms with E-state index in [1.54, 1.807) is 6.20 Å². The van der Waals surface area contributed by atoms with Gasteiger partial charge in [0.1, 0.15) is 5.82 Å². The van der Waals surface area contributed by atoms with Crippen LogP contribution in [0.5, 0.6) is 0 Å². The SMILES string of the molecule is CCc1cnc(N[C@H]2CC[C@H](Nc3ccc(N4C=C(C)C=CN4)cn3)C2)nn1. The summed E-state index contributed by atoms with van der Waals surface area (Å²) in [5, 5.41) is 17.2. The molecule has 8 nitrogen and oxygen atoms in total. The minimum absolute atomic E-state index is 0.350. The number of nitrogens with one attached hydrogen (secondary N) is 3. The van der Waals surface area contributed by atoms with E-state index in [2.05, 4.69) is 49.2 Å². The van der Waals surface area contributed by atoms with Crippen molar-refractivity contribution in [1.82, 2.24) is 25.6 Å². The van der Waals surface area contributed by atoms with Gasteiger partial charge in [0.15, 0.2) is 0 Å². The predicted octanol–water partition coefficient (Wildman–Crippen LogP) is 3.02. The van der Waals surface area contributed by atoms with Crippen LogP contribution in [-0.2, 0) is 6.42 Å². The molecule has 0 bridgehead atoms. The Balaban J connectivity index is 1.29. The summed E-state index contributed by atoms with van der Waals surface area (Å²) in [4.78, 5) is 8.91. The molecule has 2 atom stereocenters. The summed E-state index contributed by atoms with van der Waals surface area (Å²) in [7, 11) is 0. The van der Waals surface area contributed by atoms with Gasteiger partial charge in [-0.15, -0.1) is 5.10 Å². The molecule has 146 valence electrons. The van der Waals surface area contributed by atoms with Crippen LogP contribution < -0.4 is 21.1 Å². The summed E-state index contributed by atoms with van der Waals surface area (Å²) < 4.78 is 0. The summed E-state index contributed by atoms with van der Waals surface area (Å²) in [6, 6.07) is 4.82. The van der Waals surface area contributed by atoms with E-state index >= 15 is 0 Å². The van der Waals surface area contributed by atoms with E-state index in [0.29, 0.717) is 18.0 Å². The van der Waals surface area contributed by atoms with Crippen LogP contribution in [0.2, 0.25) is 0 Å². The van der Waals surface area contributed by atoms with Crippen LogP contribution >= 0.6 is 0 Å².